The molecule has 0 saturated carbocycles. The van der Waals surface area contributed by atoms with Gasteiger partial charge in [0.25, 0.3) is 5.91 Å². The molecule has 2 rings (SSSR count). The fourth-order valence-corrected chi connectivity index (χ4v) is 2.72. The summed E-state index contributed by atoms with van der Waals surface area (Å²) in [6, 6.07) is 4.95. The van der Waals surface area contributed by atoms with Crippen LogP contribution < -0.4 is 5.32 Å². The normalized spacial score (nSPS) is 18.8. The van der Waals surface area contributed by atoms with Gasteiger partial charge in [0.05, 0.1) is 5.54 Å². The average Bonchev–Trinajstić information content (AvgIpc) is 2.26. The summed E-state index contributed by atoms with van der Waals surface area (Å²) in [6.45, 7) is 6.37. The first kappa shape index (κ1) is 13.7. The third kappa shape index (κ3) is 2.79. The van der Waals surface area contributed by atoms with Crippen LogP contribution in [0.2, 0.25) is 10.0 Å². The number of hydrogen-bond acceptors (Lipinski definition) is 2. The maximum Gasteiger partial charge on any atom is 0.254 e. The third-order valence-corrected chi connectivity index (χ3v) is 3.59. The molecular weight excluding hydrogens is 271 g/mol. The lowest BCUT2D eigenvalue weighted by Crippen LogP contribution is -2.59. The van der Waals surface area contributed by atoms with Gasteiger partial charge in [0, 0.05) is 35.2 Å². The summed E-state index contributed by atoms with van der Waals surface area (Å²) in [6.07, 6.45) is 0. The van der Waals surface area contributed by atoms with Gasteiger partial charge in [-0.2, -0.15) is 0 Å². The molecule has 0 atom stereocenters. The molecule has 0 aliphatic carbocycles. The van der Waals surface area contributed by atoms with Crippen molar-refractivity contribution in [2.75, 3.05) is 19.6 Å². The van der Waals surface area contributed by atoms with E-state index in [1.165, 1.54) is 0 Å². The Morgan fingerprint density at radius 3 is 2.44 bits per heavy atom. The molecule has 0 spiro atoms. The first-order valence-electron chi connectivity index (χ1n) is 5.89. The van der Waals surface area contributed by atoms with Crippen LogP contribution in [0.4, 0.5) is 0 Å². The lowest BCUT2D eigenvalue weighted by atomic mass is 9.99. The van der Waals surface area contributed by atoms with E-state index >= 15 is 0 Å². The summed E-state index contributed by atoms with van der Waals surface area (Å²) < 4.78 is 0. The van der Waals surface area contributed by atoms with Gasteiger partial charge in [0.1, 0.15) is 0 Å². The van der Waals surface area contributed by atoms with Crippen molar-refractivity contribution in [1.82, 2.24) is 10.2 Å². The van der Waals surface area contributed by atoms with E-state index in [0.717, 1.165) is 13.1 Å². The highest BCUT2D eigenvalue weighted by Crippen LogP contribution is 2.24. The minimum Gasteiger partial charge on any atom is -0.331 e. The number of carbonyl (C=O) groups is 1. The van der Waals surface area contributed by atoms with Crippen molar-refractivity contribution in [3.8, 4) is 0 Å². The topological polar surface area (TPSA) is 32.3 Å². The predicted octanol–water partition coefficient (Wildman–Crippen LogP) is 2.82. The van der Waals surface area contributed by atoms with E-state index in [2.05, 4.69) is 5.32 Å². The number of benzene rings is 1. The van der Waals surface area contributed by atoms with Crippen molar-refractivity contribution in [3.63, 3.8) is 0 Å². The first-order chi connectivity index (χ1) is 8.40. The van der Waals surface area contributed by atoms with Crippen LogP contribution >= 0.6 is 23.2 Å². The van der Waals surface area contributed by atoms with Gasteiger partial charge in [-0.25, -0.2) is 0 Å². The molecule has 1 N–H and O–H groups in total. The Morgan fingerprint density at radius 1 is 1.28 bits per heavy atom. The Morgan fingerprint density at radius 2 is 1.89 bits per heavy atom. The summed E-state index contributed by atoms with van der Waals surface area (Å²) in [7, 11) is 0. The Labute approximate surface area is 117 Å². The molecule has 1 amide bonds. The molecule has 5 heteroatoms. The number of rotatable bonds is 1. The first-order valence-corrected chi connectivity index (χ1v) is 6.64. The van der Waals surface area contributed by atoms with Crippen LogP contribution in [0.3, 0.4) is 0 Å². The van der Waals surface area contributed by atoms with Crippen molar-refractivity contribution < 1.29 is 4.79 Å². The van der Waals surface area contributed by atoms with Gasteiger partial charge in [-0.15, -0.1) is 0 Å². The van der Waals surface area contributed by atoms with E-state index in [9.17, 15) is 4.79 Å². The van der Waals surface area contributed by atoms with Gasteiger partial charge in [-0.3, -0.25) is 4.79 Å². The zero-order chi connectivity index (χ0) is 13.3. The number of nitrogens with one attached hydrogen (secondary N) is 1. The molecule has 1 aromatic rings. The summed E-state index contributed by atoms with van der Waals surface area (Å²) in [5.41, 5.74) is 0.340. The van der Waals surface area contributed by atoms with E-state index in [1.54, 1.807) is 18.2 Å². The molecule has 0 unspecified atom stereocenters. The standard InChI is InChI=1S/C13H16Cl2N2O/c1-13(2)8-16-3-4-17(13)12(18)9-5-10(14)7-11(15)6-9/h5-7,16H,3-4,8H2,1-2H3. The zero-order valence-corrected chi connectivity index (χ0v) is 12.0. The molecule has 1 saturated heterocycles. The number of hydrogen-bond donors (Lipinski definition) is 1. The summed E-state index contributed by atoms with van der Waals surface area (Å²) in [5, 5.41) is 4.26. The van der Waals surface area contributed by atoms with Gasteiger partial charge < -0.3 is 10.2 Å². The Hall–Kier alpha value is -0.770. The molecule has 0 radical (unpaired) electrons. The maximum atomic E-state index is 12.5. The van der Waals surface area contributed by atoms with Crippen LogP contribution in [0.5, 0.6) is 0 Å². The van der Waals surface area contributed by atoms with E-state index in [4.69, 9.17) is 23.2 Å². The van der Waals surface area contributed by atoms with Crippen molar-refractivity contribution in [2.24, 2.45) is 0 Å². The third-order valence-electron chi connectivity index (χ3n) is 3.16. The second kappa shape index (κ2) is 5.08. The molecule has 98 valence electrons. The van der Waals surface area contributed by atoms with Crippen LogP contribution in [0.1, 0.15) is 24.2 Å². The van der Waals surface area contributed by atoms with Gasteiger partial charge in [-0.1, -0.05) is 23.2 Å². The van der Waals surface area contributed by atoms with Gasteiger partial charge in [-0.05, 0) is 32.0 Å². The fraction of sp³-hybridized carbons (Fsp3) is 0.462. The molecule has 1 aliphatic rings. The molecule has 18 heavy (non-hydrogen) atoms. The van der Waals surface area contributed by atoms with Gasteiger partial charge >= 0.3 is 0 Å². The average molecular weight is 287 g/mol. The number of halogens is 2. The minimum atomic E-state index is -0.204. The van der Waals surface area contributed by atoms with E-state index in [1.807, 2.05) is 18.7 Å². The molecule has 1 aromatic carbocycles. The Kier molecular flexibility index (Phi) is 3.85. The van der Waals surface area contributed by atoms with Crippen molar-refractivity contribution >= 4 is 29.1 Å². The predicted molar refractivity (Wildman–Crippen MR) is 74.4 cm³/mol. The lowest BCUT2D eigenvalue weighted by Gasteiger charge is -2.42. The van der Waals surface area contributed by atoms with E-state index in [-0.39, 0.29) is 11.4 Å². The molecule has 0 aromatic heterocycles. The lowest BCUT2D eigenvalue weighted by molar-refractivity contribution is 0.0477. The van der Waals surface area contributed by atoms with Crippen LogP contribution in [0.15, 0.2) is 18.2 Å². The smallest absolute Gasteiger partial charge is 0.254 e. The van der Waals surface area contributed by atoms with Gasteiger partial charge in [0.2, 0.25) is 0 Å². The number of carbonyl (C=O) groups excluding carboxylic acids is 1. The second-order valence-electron chi connectivity index (χ2n) is 5.10. The van der Waals surface area contributed by atoms with Crippen molar-refractivity contribution in [2.45, 2.75) is 19.4 Å². The highest BCUT2D eigenvalue weighted by Gasteiger charge is 2.33. The van der Waals surface area contributed by atoms with Crippen LogP contribution in [-0.2, 0) is 0 Å². The second-order valence-corrected chi connectivity index (χ2v) is 5.98. The zero-order valence-electron chi connectivity index (χ0n) is 10.5. The van der Waals surface area contributed by atoms with E-state index in [0.29, 0.717) is 22.2 Å². The molecule has 0 bridgehead atoms. The molecule has 1 fully saturated rings. The number of amides is 1. The summed E-state index contributed by atoms with van der Waals surface area (Å²) >= 11 is 11.9. The monoisotopic (exact) mass is 286 g/mol. The number of piperazine rings is 1. The van der Waals surface area contributed by atoms with Crippen LogP contribution in [-0.4, -0.2) is 36.0 Å². The SMILES string of the molecule is CC1(C)CNCCN1C(=O)c1cc(Cl)cc(Cl)c1. The quantitative estimate of drug-likeness (QED) is 0.861. The van der Waals surface area contributed by atoms with Crippen molar-refractivity contribution in [1.29, 1.82) is 0 Å². The molecule has 1 heterocycles. The van der Waals surface area contributed by atoms with E-state index < -0.39 is 0 Å². The summed E-state index contributed by atoms with van der Waals surface area (Å²) in [4.78, 5) is 14.4. The van der Waals surface area contributed by atoms with Crippen molar-refractivity contribution in [3.05, 3.63) is 33.8 Å². The van der Waals surface area contributed by atoms with Gasteiger partial charge in [0.15, 0.2) is 0 Å². The Bertz CT molecular complexity index is 454. The highest BCUT2D eigenvalue weighted by molar-refractivity contribution is 6.35. The van der Waals surface area contributed by atoms with Crippen LogP contribution in [0.25, 0.3) is 0 Å². The largest absolute Gasteiger partial charge is 0.331 e. The number of nitrogens with zero attached hydrogens (tertiary/aromatic N) is 1. The Balaban J connectivity index is 2.30. The molecule has 1 aliphatic heterocycles. The highest BCUT2D eigenvalue weighted by atomic mass is 35.5. The summed E-state index contributed by atoms with van der Waals surface area (Å²) in [5.74, 6) is -0.0223. The minimum absolute atomic E-state index is 0.0223. The fourth-order valence-electron chi connectivity index (χ4n) is 2.19. The maximum absolute atomic E-state index is 12.5. The van der Waals surface area contributed by atoms with Crippen LogP contribution in [0, 0.1) is 0 Å². The molecular formula is C13H16Cl2N2O. The molecule has 3 nitrogen and oxygen atoms in total.